The highest BCUT2D eigenvalue weighted by Crippen LogP contribution is 2.30. The predicted octanol–water partition coefficient (Wildman–Crippen LogP) is 0.869. The SMILES string of the molecule is NC(=O)C(=O)NCCc1ccc2c(c1)CCCS2. The predicted molar refractivity (Wildman–Crippen MR) is 71.4 cm³/mol. The van der Waals surface area contributed by atoms with E-state index in [0.29, 0.717) is 6.54 Å². The molecule has 0 unspecified atom stereocenters. The molecule has 18 heavy (non-hydrogen) atoms. The van der Waals surface area contributed by atoms with E-state index in [4.69, 9.17) is 5.73 Å². The highest BCUT2D eigenvalue weighted by Gasteiger charge is 2.10. The number of thioether (sulfide) groups is 1. The minimum Gasteiger partial charge on any atom is -0.361 e. The number of fused-ring (bicyclic) bond motifs is 1. The summed E-state index contributed by atoms with van der Waals surface area (Å²) in [5, 5.41) is 2.49. The zero-order chi connectivity index (χ0) is 13.0. The van der Waals surface area contributed by atoms with Gasteiger partial charge in [-0.25, -0.2) is 0 Å². The number of carbonyl (C=O) groups excluding carboxylic acids is 2. The molecule has 1 heterocycles. The Morgan fingerprint density at radius 2 is 2.22 bits per heavy atom. The van der Waals surface area contributed by atoms with Crippen molar-refractivity contribution in [1.29, 1.82) is 0 Å². The first kappa shape index (κ1) is 13.0. The molecular weight excluding hydrogens is 248 g/mol. The van der Waals surface area contributed by atoms with Crippen LogP contribution in [0.3, 0.4) is 0 Å². The molecule has 2 amide bonds. The molecule has 1 aliphatic heterocycles. The van der Waals surface area contributed by atoms with E-state index in [1.54, 1.807) is 0 Å². The lowest BCUT2D eigenvalue weighted by Crippen LogP contribution is -2.37. The molecule has 0 radical (unpaired) electrons. The fraction of sp³-hybridized carbons (Fsp3) is 0.385. The summed E-state index contributed by atoms with van der Waals surface area (Å²) in [6.45, 7) is 0.438. The quantitative estimate of drug-likeness (QED) is 0.796. The monoisotopic (exact) mass is 264 g/mol. The van der Waals surface area contributed by atoms with Crippen molar-refractivity contribution < 1.29 is 9.59 Å². The van der Waals surface area contributed by atoms with E-state index in [1.165, 1.54) is 28.2 Å². The number of primary amides is 1. The van der Waals surface area contributed by atoms with Gasteiger partial charge >= 0.3 is 11.8 Å². The third kappa shape index (κ3) is 3.26. The van der Waals surface area contributed by atoms with Gasteiger partial charge in [0.15, 0.2) is 0 Å². The maximum absolute atomic E-state index is 11.0. The number of hydrogen-bond donors (Lipinski definition) is 2. The number of rotatable bonds is 3. The number of nitrogens with one attached hydrogen (secondary N) is 1. The van der Waals surface area contributed by atoms with E-state index < -0.39 is 11.8 Å². The van der Waals surface area contributed by atoms with Gasteiger partial charge in [0.05, 0.1) is 0 Å². The molecule has 0 saturated carbocycles. The topological polar surface area (TPSA) is 72.2 Å². The molecule has 0 saturated heterocycles. The van der Waals surface area contributed by atoms with Crippen molar-refractivity contribution in [2.75, 3.05) is 12.3 Å². The number of hydrogen-bond acceptors (Lipinski definition) is 3. The first-order chi connectivity index (χ1) is 8.66. The maximum Gasteiger partial charge on any atom is 0.309 e. The Hall–Kier alpha value is -1.49. The molecule has 4 nitrogen and oxygen atoms in total. The first-order valence-corrected chi connectivity index (χ1v) is 6.97. The smallest absolute Gasteiger partial charge is 0.309 e. The Labute approximate surface area is 110 Å². The molecule has 3 N–H and O–H groups in total. The number of amides is 2. The molecule has 1 aliphatic rings. The van der Waals surface area contributed by atoms with Gasteiger partial charge in [-0.15, -0.1) is 11.8 Å². The molecule has 5 heteroatoms. The van der Waals surface area contributed by atoms with Gasteiger partial charge in [0.25, 0.3) is 0 Å². The minimum atomic E-state index is -0.933. The van der Waals surface area contributed by atoms with Crippen molar-refractivity contribution in [3.05, 3.63) is 29.3 Å². The van der Waals surface area contributed by atoms with Crippen LogP contribution in [0.2, 0.25) is 0 Å². The molecule has 0 atom stereocenters. The van der Waals surface area contributed by atoms with Crippen LogP contribution < -0.4 is 11.1 Å². The van der Waals surface area contributed by atoms with Crippen LogP contribution in [-0.2, 0) is 22.4 Å². The Morgan fingerprint density at radius 1 is 1.39 bits per heavy atom. The van der Waals surface area contributed by atoms with Crippen LogP contribution in [0.15, 0.2) is 23.1 Å². The van der Waals surface area contributed by atoms with Crippen molar-refractivity contribution in [1.82, 2.24) is 5.32 Å². The van der Waals surface area contributed by atoms with E-state index in [1.807, 2.05) is 11.8 Å². The fourth-order valence-electron chi connectivity index (χ4n) is 1.98. The van der Waals surface area contributed by atoms with E-state index in [-0.39, 0.29) is 0 Å². The molecule has 0 spiro atoms. The van der Waals surface area contributed by atoms with Crippen molar-refractivity contribution >= 4 is 23.6 Å². The van der Waals surface area contributed by atoms with Gasteiger partial charge in [-0.2, -0.15) is 0 Å². The van der Waals surface area contributed by atoms with Gasteiger partial charge in [0, 0.05) is 11.4 Å². The largest absolute Gasteiger partial charge is 0.361 e. The van der Waals surface area contributed by atoms with Crippen LogP contribution in [0.4, 0.5) is 0 Å². The van der Waals surface area contributed by atoms with E-state index in [0.717, 1.165) is 12.8 Å². The van der Waals surface area contributed by atoms with Crippen molar-refractivity contribution in [3.63, 3.8) is 0 Å². The standard InChI is InChI=1S/C13H16N2O2S/c14-12(16)13(17)15-6-5-9-3-4-11-10(8-9)2-1-7-18-11/h3-4,8H,1-2,5-7H2,(H2,14,16)(H,15,17). The third-order valence-electron chi connectivity index (χ3n) is 2.90. The lowest BCUT2D eigenvalue weighted by molar-refractivity contribution is -0.137. The molecule has 0 fully saturated rings. The summed E-state index contributed by atoms with van der Waals surface area (Å²) in [6, 6.07) is 6.41. The molecule has 0 aromatic heterocycles. The van der Waals surface area contributed by atoms with Gasteiger partial charge in [0.2, 0.25) is 0 Å². The maximum atomic E-state index is 11.0. The zero-order valence-electron chi connectivity index (χ0n) is 10.1. The Balaban J connectivity index is 1.90. The average Bonchev–Trinajstić information content (AvgIpc) is 2.38. The molecular formula is C13H16N2O2S. The minimum absolute atomic E-state index is 0.438. The van der Waals surface area contributed by atoms with Crippen LogP contribution in [0.25, 0.3) is 0 Å². The summed E-state index contributed by atoms with van der Waals surface area (Å²) in [5.74, 6) is -0.457. The normalized spacial score (nSPS) is 13.8. The summed E-state index contributed by atoms with van der Waals surface area (Å²) in [7, 11) is 0. The summed E-state index contributed by atoms with van der Waals surface area (Å²) >= 11 is 1.90. The fourth-order valence-corrected chi connectivity index (χ4v) is 3.00. The highest BCUT2D eigenvalue weighted by molar-refractivity contribution is 7.99. The van der Waals surface area contributed by atoms with E-state index in [9.17, 15) is 9.59 Å². The Kier molecular flexibility index (Phi) is 4.25. The molecule has 1 aromatic rings. The average molecular weight is 264 g/mol. The summed E-state index contributed by atoms with van der Waals surface area (Å²) in [6.07, 6.45) is 3.07. The summed E-state index contributed by atoms with van der Waals surface area (Å²) in [5.41, 5.74) is 7.43. The second kappa shape index (κ2) is 5.91. The third-order valence-corrected chi connectivity index (χ3v) is 4.10. The lowest BCUT2D eigenvalue weighted by Gasteiger charge is -2.16. The molecule has 2 rings (SSSR count). The van der Waals surface area contributed by atoms with Gasteiger partial charge < -0.3 is 11.1 Å². The molecule has 0 aliphatic carbocycles. The van der Waals surface area contributed by atoms with Crippen LogP contribution in [0.1, 0.15) is 17.5 Å². The summed E-state index contributed by atoms with van der Waals surface area (Å²) in [4.78, 5) is 22.9. The van der Waals surface area contributed by atoms with Crippen LogP contribution in [0.5, 0.6) is 0 Å². The first-order valence-electron chi connectivity index (χ1n) is 5.99. The van der Waals surface area contributed by atoms with Gasteiger partial charge in [-0.3, -0.25) is 9.59 Å². The number of carbonyl (C=O) groups is 2. The van der Waals surface area contributed by atoms with E-state index >= 15 is 0 Å². The van der Waals surface area contributed by atoms with Crippen molar-refractivity contribution in [3.8, 4) is 0 Å². The van der Waals surface area contributed by atoms with Gasteiger partial charge in [-0.1, -0.05) is 12.1 Å². The van der Waals surface area contributed by atoms with Gasteiger partial charge in [-0.05, 0) is 42.2 Å². The second-order valence-electron chi connectivity index (χ2n) is 4.26. The van der Waals surface area contributed by atoms with Crippen molar-refractivity contribution in [2.24, 2.45) is 5.73 Å². The number of aryl methyl sites for hydroxylation is 1. The molecule has 96 valence electrons. The Morgan fingerprint density at radius 3 is 3.00 bits per heavy atom. The van der Waals surface area contributed by atoms with Crippen LogP contribution >= 0.6 is 11.8 Å². The second-order valence-corrected chi connectivity index (χ2v) is 5.40. The van der Waals surface area contributed by atoms with Crippen LogP contribution in [0, 0.1) is 0 Å². The number of nitrogens with two attached hydrogens (primary N) is 1. The van der Waals surface area contributed by atoms with Gasteiger partial charge in [0.1, 0.15) is 0 Å². The highest BCUT2D eigenvalue weighted by atomic mass is 32.2. The molecule has 1 aromatic carbocycles. The Bertz CT molecular complexity index is 474. The summed E-state index contributed by atoms with van der Waals surface area (Å²) < 4.78 is 0. The van der Waals surface area contributed by atoms with Crippen molar-refractivity contribution in [2.45, 2.75) is 24.2 Å². The lowest BCUT2D eigenvalue weighted by atomic mass is 10.0. The molecule has 0 bridgehead atoms. The zero-order valence-corrected chi connectivity index (χ0v) is 10.9. The number of benzene rings is 1. The van der Waals surface area contributed by atoms with E-state index in [2.05, 4.69) is 23.5 Å². The van der Waals surface area contributed by atoms with Crippen LogP contribution in [-0.4, -0.2) is 24.1 Å².